The molecule has 94 valence electrons. The molecule has 0 saturated heterocycles. The molecule has 2 aromatic carbocycles. The molecule has 0 saturated carbocycles. The molecule has 2 aromatic rings. The fourth-order valence-electron chi connectivity index (χ4n) is 1.55. The minimum atomic E-state index is -0.707. The first-order valence-electron chi connectivity index (χ1n) is 5.21. The second-order valence-corrected chi connectivity index (χ2v) is 4.04. The predicted molar refractivity (Wildman–Crippen MR) is 65.8 cm³/mol. The molecule has 2 rings (SSSR count). The highest BCUT2D eigenvalue weighted by Gasteiger charge is 2.09. The monoisotopic (exact) mass is 269 g/mol. The van der Waals surface area contributed by atoms with E-state index in [0.717, 1.165) is 18.2 Å². The lowest BCUT2D eigenvalue weighted by Gasteiger charge is -2.11. The van der Waals surface area contributed by atoms with E-state index in [-0.39, 0.29) is 12.3 Å². The highest BCUT2D eigenvalue weighted by atomic mass is 35.5. The van der Waals surface area contributed by atoms with E-state index in [0.29, 0.717) is 16.3 Å². The molecule has 0 aliphatic carbocycles. The van der Waals surface area contributed by atoms with Crippen LogP contribution in [-0.2, 0) is 6.54 Å². The Labute approximate surface area is 108 Å². The molecule has 0 aromatic heterocycles. The number of ether oxygens (including phenoxy) is 1. The molecule has 0 bridgehead atoms. The third-order valence-electron chi connectivity index (χ3n) is 2.34. The summed E-state index contributed by atoms with van der Waals surface area (Å²) in [6.45, 7) is 0.173. The number of rotatable bonds is 3. The first kappa shape index (κ1) is 12.8. The molecule has 18 heavy (non-hydrogen) atoms. The van der Waals surface area contributed by atoms with Gasteiger partial charge in [-0.2, -0.15) is 0 Å². The number of benzene rings is 2. The van der Waals surface area contributed by atoms with E-state index in [2.05, 4.69) is 0 Å². The van der Waals surface area contributed by atoms with Crippen molar-refractivity contribution in [1.29, 1.82) is 0 Å². The summed E-state index contributed by atoms with van der Waals surface area (Å²) in [5.74, 6) is -0.970. The van der Waals surface area contributed by atoms with Crippen molar-refractivity contribution in [3.8, 4) is 11.5 Å². The van der Waals surface area contributed by atoms with Gasteiger partial charge in [0, 0.05) is 35.3 Å². The minimum absolute atomic E-state index is 0.0597. The van der Waals surface area contributed by atoms with Crippen LogP contribution in [-0.4, -0.2) is 0 Å². The van der Waals surface area contributed by atoms with Crippen molar-refractivity contribution < 1.29 is 13.5 Å². The zero-order valence-electron chi connectivity index (χ0n) is 9.29. The fourth-order valence-corrected chi connectivity index (χ4v) is 1.79. The van der Waals surface area contributed by atoms with Gasteiger partial charge >= 0.3 is 0 Å². The summed E-state index contributed by atoms with van der Waals surface area (Å²) >= 11 is 5.95. The molecule has 0 radical (unpaired) electrons. The summed E-state index contributed by atoms with van der Waals surface area (Å²) in [4.78, 5) is 0. The average molecular weight is 270 g/mol. The van der Waals surface area contributed by atoms with Gasteiger partial charge in [-0.3, -0.25) is 0 Å². The number of hydrogen-bond donors (Lipinski definition) is 1. The van der Waals surface area contributed by atoms with Crippen molar-refractivity contribution in [3.63, 3.8) is 0 Å². The van der Waals surface area contributed by atoms with Crippen LogP contribution < -0.4 is 10.5 Å². The Morgan fingerprint density at radius 3 is 2.39 bits per heavy atom. The normalized spacial score (nSPS) is 10.4. The Kier molecular flexibility index (Phi) is 3.79. The zero-order valence-corrected chi connectivity index (χ0v) is 10.0. The lowest BCUT2D eigenvalue weighted by atomic mass is 10.2. The molecular weight excluding hydrogens is 260 g/mol. The van der Waals surface area contributed by atoms with Gasteiger partial charge in [0.15, 0.2) is 0 Å². The number of hydrogen-bond acceptors (Lipinski definition) is 2. The van der Waals surface area contributed by atoms with Crippen molar-refractivity contribution >= 4 is 11.6 Å². The molecule has 0 spiro atoms. The topological polar surface area (TPSA) is 35.2 Å². The molecule has 2 nitrogen and oxygen atoms in total. The van der Waals surface area contributed by atoms with Gasteiger partial charge in [0.05, 0.1) is 0 Å². The van der Waals surface area contributed by atoms with Crippen LogP contribution in [0.25, 0.3) is 0 Å². The maximum absolute atomic E-state index is 13.0. The van der Waals surface area contributed by atoms with Crippen LogP contribution >= 0.6 is 11.6 Å². The predicted octanol–water partition coefficient (Wildman–Crippen LogP) is 3.87. The molecule has 0 fully saturated rings. The van der Waals surface area contributed by atoms with Gasteiger partial charge in [-0.1, -0.05) is 17.7 Å². The van der Waals surface area contributed by atoms with Gasteiger partial charge in [-0.15, -0.1) is 0 Å². The highest BCUT2D eigenvalue weighted by molar-refractivity contribution is 6.31. The fraction of sp³-hybridized carbons (Fsp3) is 0.0769. The van der Waals surface area contributed by atoms with E-state index < -0.39 is 11.6 Å². The van der Waals surface area contributed by atoms with Crippen molar-refractivity contribution in [3.05, 3.63) is 58.6 Å². The van der Waals surface area contributed by atoms with E-state index in [1.54, 1.807) is 18.2 Å². The summed E-state index contributed by atoms with van der Waals surface area (Å²) in [6, 6.07) is 7.93. The Morgan fingerprint density at radius 2 is 1.78 bits per heavy atom. The molecule has 0 unspecified atom stereocenters. The van der Waals surface area contributed by atoms with Crippen molar-refractivity contribution in [2.75, 3.05) is 0 Å². The lowest BCUT2D eigenvalue weighted by molar-refractivity contribution is 0.463. The smallest absolute Gasteiger partial charge is 0.133 e. The molecule has 2 N–H and O–H groups in total. The largest absolute Gasteiger partial charge is 0.457 e. The highest BCUT2D eigenvalue weighted by Crippen LogP contribution is 2.30. The summed E-state index contributed by atoms with van der Waals surface area (Å²) in [5, 5.41) is 0.451. The minimum Gasteiger partial charge on any atom is -0.457 e. The Morgan fingerprint density at radius 1 is 1.11 bits per heavy atom. The van der Waals surface area contributed by atoms with Crippen molar-refractivity contribution in [1.82, 2.24) is 0 Å². The van der Waals surface area contributed by atoms with Gasteiger partial charge in [-0.05, 0) is 12.1 Å². The Bertz CT molecular complexity index is 555. The Balaban J connectivity index is 2.36. The molecular formula is C13H10ClF2NO. The van der Waals surface area contributed by atoms with E-state index in [9.17, 15) is 8.78 Å². The summed E-state index contributed by atoms with van der Waals surface area (Å²) in [7, 11) is 0. The zero-order chi connectivity index (χ0) is 13.1. The van der Waals surface area contributed by atoms with Gasteiger partial charge < -0.3 is 10.5 Å². The quantitative estimate of drug-likeness (QED) is 0.918. The van der Waals surface area contributed by atoms with Gasteiger partial charge in [0.1, 0.15) is 23.1 Å². The third-order valence-corrected chi connectivity index (χ3v) is 2.70. The maximum Gasteiger partial charge on any atom is 0.133 e. The molecule has 0 amide bonds. The second-order valence-electron chi connectivity index (χ2n) is 3.63. The van der Waals surface area contributed by atoms with Crippen LogP contribution in [0.15, 0.2) is 36.4 Å². The van der Waals surface area contributed by atoms with E-state index in [1.807, 2.05) is 0 Å². The summed E-state index contributed by atoms with van der Waals surface area (Å²) in [6.07, 6.45) is 0. The van der Waals surface area contributed by atoms with Crippen LogP contribution in [0.1, 0.15) is 5.56 Å². The van der Waals surface area contributed by atoms with E-state index >= 15 is 0 Å². The van der Waals surface area contributed by atoms with Gasteiger partial charge in [-0.25, -0.2) is 8.78 Å². The first-order valence-corrected chi connectivity index (χ1v) is 5.59. The molecule has 5 heteroatoms. The second kappa shape index (κ2) is 5.33. The third kappa shape index (κ3) is 2.78. The van der Waals surface area contributed by atoms with Crippen LogP contribution in [0.5, 0.6) is 11.5 Å². The molecule has 0 atom stereocenters. The van der Waals surface area contributed by atoms with Crippen molar-refractivity contribution in [2.45, 2.75) is 6.54 Å². The standard InChI is InChI=1S/C13H10ClF2NO/c14-12-2-1-3-13(11(12)7-17)18-10-5-8(15)4-9(16)6-10/h1-6H,7,17H2. The molecule has 0 aliphatic rings. The number of halogens is 3. The number of nitrogens with two attached hydrogens (primary N) is 1. The molecule has 0 heterocycles. The van der Waals surface area contributed by atoms with E-state index in [4.69, 9.17) is 22.1 Å². The maximum atomic E-state index is 13.0. The summed E-state index contributed by atoms with van der Waals surface area (Å²) in [5.41, 5.74) is 6.14. The van der Waals surface area contributed by atoms with Crippen molar-refractivity contribution in [2.24, 2.45) is 5.73 Å². The molecule has 0 aliphatic heterocycles. The average Bonchev–Trinajstić information content (AvgIpc) is 2.27. The van der Waals surface area contributed by atoms with Crippen LogP contribution in [0.4, 0.5) is 8.78 Å². The van der Waals surface area contributed by atoms with Crippen LogP contribution in [0.2, 0.25) is 5.02 Å². The summed E-state index contributed by atoms with van der Waals surface area (Å²) < 4.78 is 31.4. The Hall–Kier alpha value is -1.65. The van der Waals surface area contributed by atoms with E-state index in [1.165, 1.54) is 0 Å². The lowest BCUT2D eigenvalue weighted by Crippen LogP contribution is -2.00. The van der Waals surface area contributed by atoms with Crippen LogP contribution in [0.3, 0.4) is 0 Å². The van der Waals surface area contributed by atoms with Gasteiger partial charge in [0.2, 0.25) is 0 Å². The van der Waals surface area contributed by atoms with Gasteiger partial charge in [0.25, 0.3) is 0 Å². The van der Waals surface area contributed by atoms with Crippen LogP contribution in [0, 0.1) is 11.6 Å². The SMILES string of the molecule is NCc1c(Cl)cccc1Oc1cc(F)cc(F)c1. The first-order chi connectivity index (χ1) is 8.60.